The molecule has 2 rings (SSSR count). The number of carbonyl (C=O) groups is 2. The van der Waals surface area contributed by atoms with E-state index in [0.29, 0.717) is 19.5 Å². The van der Waals surface area contributed by atoms with Gasteiger partial charge >= 0.3 is 5.97 Å². The fraction of sp³-hybridized carbons (Fsp3) is 0.556. The summed E-state index contributed by atoms with van der Waals surface area (Å²) in [6.45, 7) is 9.93. The first-order chi connectivity index (χ1) is 10.7. The second-order valence-corrected chi connectivity index (χ2v) is 4.51. The number of ketones is 1. The lowest BCUT2D eigenvalue weighted by Gasteiger charge is -2.30. The Hall–Kier alpha value is -1.68. The first-order valence-corrected chi connectivity index (χ1v) is 8.07. The van der Waals surface area contributed by atoms with Gasteiger partial charge in [0.25, 0.3) is 0 Å². The van der Waals surface area contributed by atoms with Crippen LogP contribution in [-0.4, -0.2) is 36.9 Å². The van der Waals surface area contributed by atoms with Crippen molar-refractivity contribution in [2.75, 3.05) is 20.2 Å². The first kappa shape index (κ1) is 20.3. The average molecular weight is 307 g/mol. The number of piperidine rings is 1. The normalized spacial score (nSPS) is 17.5. The molecule has 0 bridgehead atoms. The lowest BCUT2D eigenvalue weighted by atomic mass is 9.96. The van der Waals surface area contributed by atoms with Gasteiger partial charge in [0, 0.05) is 26.1 Å². The lowest BCUT2D eigenvalue weighted by molar-refractivity contribution is -0.152. The van der Waals surface area contributed by atoms with Gasteiger partial charge in [0.1, 0.15) is 11.7 Å². The molecule has 1 aliphatic rings. The number of ether oxygens (including phenoxy) is 1. The summed E-state index contributed by atoms with van der Waals surface area (Å²) in [5.41, 5.74) is 1.19. The molecule has 0 aliphatic carbocycles. The minimum atomic E-state index is -0.618. The molecule has 0 aromatic heterocycles. The number of methoxy groups -OCH3 is 1. The van der Waals surface area contributed by atoms with Gasteiger partial charge in [0.15, 0.2) is 0 Å². The van der Waals surface area contributed by atoms with Gasteiger partial charge < -0.3 is 4.74 Å². The van der Waals surface area contributed by atoms with E-state index in [-0.39, 0.29) is 5.78 Å². The predicted molar refractivity (Wildman–Crippen MR) is 89.5 cm³/mol. The van der Waals surface area contributed by atoms with Crippen LogP contribution in [0, 0.1) is 5.92 Å². The third-order valence-electron chi connectivity index (χ3n) is 3.24. The molecule has 0 N–H and O–H groups in total. The number of Topliss-reactive ketones (excluding diaryl/α,β-unsaturated/α-hetero) is 1. The molecule has 0 spiro atoms. The highest BCUT2D eigenvalue weighted by molar-refractivity contribution is 5.99. The Balaban J connectivity index is 0.00000102. The number of carbonyl (C=O) groups excluding carboxylic acids is 2. The highest BCUT2D eigenvalue weighted by Crippen LogP contribution is 2.16. The minimum Gasteiger partial charge on any atom is -0.468 e. The highest BCUT2D eigenvalue weighted by atomic mass is 16.5. The van der Waals surface area contributed by atoms with E-state index in [1.54, 1.807) is 0 Å². The van der Waals surface area contributed by atoms with E-state index in [2.05, 4.69) is 9.64 Å². The summed E-state index contributed by atoms with van der Waals surface area (Å²) in [6.07, 6.45) is 0.423. The Morgan fingerprint density at radius 3 is 2.32 bits per heavy atom. The number of hydrogen-bond donors (Lipinski definition) is 0. The Bertz CT molecular complexity index is 423. The molecule has 1 fully saturated rings. The van der Waals surface area contributed by atoms with Crippen LogP contribution in [0.2, 0.25) is 0 Å². The standard InChI is InChI=1S/C14H17NO3.2C2H6/c1-18-14(17)12-10-15(8-7-13(12)16)9-11-5-3-2-4-6-11;2*1-2/h2-6,12H,7-10H2,1H3;2*1-2H3. The van der Waals surface area contributed by atoms with Crippen molar-refractivity contribution in [3.05, 3.63) is 35.9 Å². The maximum Gasteiger partial charge on any atom is 0.317 e. The zero-order chi connectivity index (χ0) is 17.0. The van der Waals surface area contributed by atoms with Crippen molar-refractivity contribution < 1.29 is 14.3 Å². The largest absolute Gasteiger partial charge is 0.468 e. The van der Waals surface area contributed by atoms with Crippen LogP contribution < -0.4 is 0 Å². The number of rotatable bonds is 3. The topological polar surface area (TPSA) is 46.6 Å². The Kier molecular flexibility index (Phi) is 11.0. The van der Waals surface area contributed by atoms with Crippen LogP contribution in [0.15, 0.2) is 30.3 Å². The van der Waals surface area contributed by atoms with Crippen molar-refractivity contribution in [3.63, 3.8) is 0 Å². The van der Waals surface area contributed by atoms with Gasteiger partial charge in [0.05, 0.1) is 7.11 Å². The molecule has 0 amide bonds. The Morgan fingerprint density at radius 2 is 1.77 bits per heavy atom. The molecule has 1 heterocycles. The van der Waals surface area contributed by atoms with E-state index < -0.39 is 11.9 Å². The second kappa shape index (κ2) is 11.9. The van der Waals surface area contributed by atoms with Crippen LogP contribution >= 0.6 is 0 Å². The summed E-state index contributed by atoms with van der Waals surface area (Å²) in [5.74, 6) is -1.05. The number of hydrogen-bond acceptors (Lipinski definition) is 4. The monoisotopic (exact) mass is 307 g/mol. The molecule has 4 nitrogen and oxygen atoms in total. The fourth-order valence-corrected chi connectivity index (χ4v) is 2.23. The third-order valence-corrected chi connectivity index (χ3v) is 3.24. The maximum atomic E-state index is 11.7. The van der Waals surface area contributed by atoms with Crippen molar-refractivity contribution >= 4 is 11.8 Å². The molecule has 0 saturated carbocycles. The molecule has 0 radical (unpaired) electrons. The van der Waals surface area contributed by atoms with Gasteiger partial charge in [-0.15, -0.1) is 0 Å². The van der Waals surface area contributed by atoms with Crippen molar-refractivity contribution in [1.29, 1.82) is 0 Å². The molecule has 1 aliphatic heterocycles. The van der Waals surface area contributed by atoms with Crippen molar-refractivity contribution in [2.24, 2.45) is 5.92 Å². The summed E-state index contributed by atoms with van der Waals surface area (Å²) in [4.78, 5) is 25.3. The second-order valence-electron chi connectivity index (χ2n) is 4.51. The molecular formula is C18H29NO3. The molecule has 22 heavy (non-hydrogen) atoms. The van der Waals surface area contributed by atoms with Gasteiger partial charge in [-0.25, -0.2) is 0 Å². The molecule has 1 saturated heterocycles. The van der Waals surface area contributed by atoms with Crippen LogP contribution in [-0.2, 0) is 20.9 Å². The smallest absolute Gasteiger partial charge is 0.317 e. The number of nitrogens with zero attached hydrogens (tertiary/aromatic N) is 1. The fourth-order valence-electron chi connectivity index (χ4n) is 2.23. The summed E-state index contributed by atoms with van der Waals surface area (Å²) >= 11 is 0. The quantitative estimate of drug-likeness (QED) is 0.635. The zero-order valence-electron chi connectivity index (χ0n) is 14.5. The van der Waals surface area contributed by atoms with E-state index in [1.165, 1.54) is 12.7 Å². The summed E-state index contributed by atoms with van der Waals surface area (Å²) < 4.78 is 4.67. The van der Waals surface area contributed by atoms with E-state index in [0.717, 1.165) is 6.54 Å². The van der Waals surface area contributed by atoms with Gasteiger partial charge in [-0.05, 0) is 5.56 Å². The molecular weight excluding hydrogens is 278 g/mol. The van der Waals surface area contributed by atoms with E-state index >= 15 is 0 Å². The third kappa shape index (κ3) is 6.39. The van der Waals surface area contributed by atoms with E-state index in [4.69, 9.17) is 0 Å². The van der Waals surface area contributed by atoms with Gasteiger partial charge in [-0.1, -0.05) is 58.0 Å². The lowest BCUT2D eigenvalue weighted by Crippen LogP contribution is -2.44. The molecule has 4 heteroatoms. The average Bonchev–Trinajstić information content (AvgIpc) is 2.60. The number of likely N-dealkylation sites (tertiary alicyclic amines) is 1. The predicted octanol–water partition coefficient (Wildman–Crippen LogP) is 3.30. The number of benzene rings is 1. The van der Waals surface area contributed by atoms with Crippen molar-refractivity contribution in [1.82, 2.24) is 4.90 Å². The zero-order valence-corrected chi connectivity index (χ0v) is 14.5. The SMILES string of the molecule is CC.CC.COC(=O)C1CN(Cc2ccccc2)CCC1=O. The summed E-state index contributed by atoms with van der Waals surface area (Å²) in [7, 11) is 1.33. The van der Waals surface area contributed by atoms with E-state index in [9.17, 15) is 9.59 Å². The molecule has 1 unspecified atom stereocenters. The van der Waals surface area contributed by atoms with Crippen LogP contribution in [0.25, 0.3) is 0 Å². The van der Waals surface area contributed by atoms with Crippen LogP contribution in [0.1, 0.15) is 39.7 Å². The van der Waals surface area contributed by atoms with Crippen molar-refractivity contribution in [2.45, 2.75) is 40.7 Å². The van der Waals surface area contributed by atoms with Crippen LogP contribution in [0.4, 0.5) is 0 Å². The molecule has 1 atom stereocenters. The van der Waals surface area contributed by atoms with Crippen LogP contribution in [0.5, 0.6) is 0 Å². The first-order valence-electron chi connectivity index (χ1n) is 8.07. The number of esters is 1. The Labute approximate surface area is 134 Å². The van der Waals surface area contributed by atoms with Crippen LogP contribution in [0.3, 0.4) is 0 Å². The van der Waals surface area contributed by atoms with Gasteiger partial charge in [-0.2, -0.15) is 0 Å². The Morgan fingerprint density at radius 1 is 1.18 bits per heavy atom. The molecule has 1 aromatic rings. The van der Waals surface area contributed by atoms with Gasteiger partial charge in [0.2, 0.25) is 0 Å². The maximum absolute atomic E-state index is 11.7. The molecule has 1 aromatic carbocycles. The van der Waals surface area contributed by atoms with E-state index in [1.807, 2.05) is 58.0 Å². The van der Waals surface area contributed by atoms with Crippen molar-refractivity contribution in [3.8, 4) is 0 Å². The summed E-state index contributed by atoms with van der Waals surface area (Å²) in [6, 6.07) is 10.0. The minimum absolute atomic E-state index is 0.00818. The van der Waals surface area contributed by atoms with Gasteiger partial charge in [-0.3, -0.25) is 14.5 Å². The highest BCUT2D eigenvalue weighted by Gasteiger charge is 2.33. The molecule has 124 valence electrons. The summed E-state index contributed by atoms with van der Waals surface area (Å²) in [5, 5.41) is 0.